The van der Waals surface area contributed by atoms with Crippen molar-refractivity contribution in [2.24, 2.45) is 0 Å². The number of carbonyl (C=O) groups excluding carboxylic acids is 1. The number of hydrogen-bond acceptors (Lipinski definition) is 4. The average Bonchev–Trinajstić information content (AvgIpc) is 2.71. The molecular weight excluding hydrogens is 234 g/mol. The first-order valence-electron chi connectivity index (χ1n) is 5.06. The molecule has 0 aliphatic carbocycles. The van der Waals surface area contributed by atoms with Crippen LogP contribution >= 0.6 is 24.2 Å². The average molecular weight is 252 g/mol. The molecule has 2 aliphatic heterocycles. The number of hydrogen-bond donors (Lipinski definition) is 1. The van der Waals surface area contributed by atoms with Gasteiger partial charge in [-0.3, -0.25) is 10.1 Å². The molecule has 2 aliphatic rings. The van der Waals surface area contributed by atoms with Crippen LogP contribution in [0.3, 0.4) is 0 Å². The summed E-state index contributed by atoms with van der Waals surface area (Å²) in [5.41, 5.74) is 0. The van der Waals surface area contributed by atoms with Gasteiger partial charge in [-0.2, -0.15) is 0 Å². The first-order chi connectivity index (χ1) is 6.77. The summed E-state index contributed by atoms with van der Waals surface area (Å²) in [4.78, 5) is 16.2. The van der Waals surface area contributed by atoms with E-state index in [1.165, 1.54) is 0 Å². The summed E-state index contributed by atoms with van der Waals surface area (Å²) >= 11 is 1.81. The van der Waals surface area contributed by atoms with Gasteiger partial charge in [-0.25, -0.2) is 0 Å². The van der Waals surface area contributed by atoms with Crippen LogP contribution in [0.2, 0.25) is 0 Å². The Morgan fingerprint density at radius 1 is 1.33 bits per heavy atom. The van der Waals surface area contributed by atoms with Crippen molar-refractivity contribution in [2.45, 2.75) is 6.04 Å². The third-order valence-corrected chi connectivity index (χ3v) is 3.77. The Morgan fingerprint density at radius 2 is 2.00 bits per heavy atom. The zero-order valence-corrected chi connectivity index (χ0v) is 10.6. The molecule has 2 saturated heterocycles. The molecule has 1 atom stereocenters. The second kappa shape index (κ2) is 5.94. The lowest BCUT2D eigenvalue weighted by molar-refractivity contribution is -0.134. The normalized spacial score (nSPS) is 27.5. The molecule has 6 heteroatoms. The van der Waals surface area contributed by atoms with Crippen molar-refractivity contribution >= 4 is 30.1 Å². The Morgan fingerprint density at radius 3 is 2.53 bits per heavy atom. The minimum atomic E-state index is 0. The Bertz CT molecular complexity index is 215. The third-order valence-electron chi connectivity index (χ3n) is 2.83. The van der Waals surface area contributed by atoms with Crippen molar-refractivity contribution in [2.75, 3.05) is 44.9 Å². The standard InChI is InChI=1S/C9H17N3OS.ClH/c1-11-2-4-12(5-3-11)9(13)8-6-14-7-10-8;/h8,10H,2-7H2,1H3;1H. The summed E-state index contributed by atoms with van der Waals surface area (Å²) in [5, 5.41) is 3.22. The summed E-state index contributed by atoms with van der Waals surface area (Å²) in [6.45, 7) is 3.79. The highest BCUT2D eigenvalue weighted by Crippen LogP contribution is 2.12. The topological polar surface area (TPSA) is 35.6 Å². The molecule has 0 radical (unpaired) electrons. The molecule has 15 heavy (non-hydrogen) atoms. The quantitative estimate of drug-likeness (QED) is 0.703. The molecule has 2 rings (SSSR count). The largest absolute Gasteiger partial charge is 0.339 e. The molecule has 2 heterocycles. The molecule has 88 valence electrons. The third kappa shape index (κ3) is 3.24. The van der Waals surface area contributed by atoms with E-state index in [1.54, 1.807) is 11.8 Å². The van der Waals surface area contributed by atoms with Gasteiger partial charge in [0, 0.05) is 37.8 Å². The summed E-state index contributed by atoms with van der Waals surface area (Å²) < 4.78 is 0. The number of carbonyl (C=O) groups is 1. The lowest BCUT2D eigenvalue weighted by Crippen LogP contribution is -2.52. The molecule has 1 N–H and O–H groups in total. The Kier molecular flexibility index (Phi) is 5.18. The minimum Gasteiger partial charge on any atom is -0.339 e. The van der Waals surface area contributed by atoms with E-state index < -0.39 is 0 Å². The molecule has 1 unspecified atom stereocenters. The van der Waals surface area contributed by atoms with Gasteiger partial charge in [-0.1, -0.05) is 0 Å². The van der Waals surface area contributed by atoms with Crippen LogP contribution in [0, 0.1) is 0 Å². The zero-order valence-electron chi connectivity index (χ0n) is 8.94. The van der Waals surface area contributed by atoms with E-state index in [1.807, 2.05) is 4.90 Å². The molecule has 0 spiro atoms. The molecule has 0 aromatic heterocycles. The first kappa shape index (κ1) is 13.1. The highest BCUT2D eigenvalue weighted by atomic mass is 35.5. The lowest BCUT2D eigenvalue weighted by atomic mass is 10.2. The van der Waals surface area contributed by atoms with E-state index in [-0.39, 0.29) is 18.4 Å². The monoisotopic (exact) mass is 251 g/mol. The predicted octanol–water partition coefficient (Wildman–Crippen LogP) is -0.155. The first-order valence-corrected chi connectivity index (χ1v) is 6.21. The number of rotatable bonds is 1. The molecule has 0 saturated carbocycles. The second-order valence-corrected chi connectivity index (χ2v) is 4.93. The molecular formula is C9H18ClN3OS. The van der Waals surface area contributed by atoms with Gasteiger partial charge in [0.1, 0.15) is 0 Å². The maximum Gasteiger partial charge on any atom is 0.240 e. The van der Waals surface area contributed by atoms with Gasteiger partial charge in [0.05, 0.1) is 6.04 Å². The number of nitrogens with zero attached hydrogens (tertiary/aromatic N) is 2. The fourth-order valence-corrected chi connectivity index (χ4v) is 2.73. The molecule has 2 fully saturated rings. The molecule has 0 aromatic carbocycles. The second-order valence-electron chi connectivity index (χ2n) is 3.90. The SMILES string of the molecule is CN1CCN(C(=O)C2CSCN2)CC1.Cl. The zero-order chi connectivity index (χ0) is 9.97. The van der Waals surface area contributed by atoms with Gasteiger partial charge in [0.25, 0.3) is 0 Å². The van der Waals surface area contributed by atoms with Crippen LogP contribution in [0.4, 0.5) is 0 Å². The van der Waals surface area contributed by atoms with Crippen LogP contribution in [0.1, 0.15) is 0 Å². The molecule has 1 amide bonds. The summed E-state index contributed by atoms with van der Waals surface area (Å²) in [6, 6.07) is 0.0726. The summed E-state index contributed by atoms with van der Waals surface area (Å²) in [6.07, 6.45) is 0. The van der Waals surface area contributed by atoms with E-state index in [2.05, 4.69) is 17.3 Å². The number of nitrogens with one attached hydrogen (secondary N) is 1. The van der Waals surface area contributed by atoms with Gasteiger partial charge < -0.3 is 9.80 Å². The Labute approximate surface area is 101 Å². The van der Waals surface area contributed by atoms with Gasteiger partial charge in [-0.05, 0) is 7.05 Å². The summed E-state index contributed by atoms with van der Waals surface area (Å²) in [5.74, 6) is 2.15. The Hall–Kier alpha value is 0.0300. The minimum absolute atomic E-state index is 0. The summed E-state index contributed by atoms with van der Waals surface area (Å²) in [7, 11) is 2.10. The number of likely N-dealkylation sites (N-methyl/N-ethyl adjacent to an activating group) is 1. The van der Waals surface area contributed by atoms with Crippen molar-refractivity contribution in [3.05, 3.63) is 0 Å². The maximum absolute atomic E-state index is 11.9. The van der Waals surface area contributed by atoms with Crippen molar-refractivity contribution in [1.82, 2.24) is 15.1 Å². The maximum atomic E-state index is 11.9. The van der Waals surface area contributed by atoms with E-state index in [0.29, 0.717) is 5.91 Å². The van der Waals surface area contributed by atoms with Crippen LogP contribution in [0.25, 0.3) is 0 Å². The van der Waals surface area contributed by atoms with Gasteiger partial charge in [0.15, 0.2) is 0 Å². The van der Waals surface area contributed by atoms with Crippen LogP contribution in [0.15, 0.2) is 0 Å². The van der Waals surface area contributed by atoms with E-state index in [4.69, 9.17) is 0 Å². The van der Waals surface area contributed by atoms with E-state index in [0.717, 1.165) is 37.8 Å². The van der Waals surface area contributed by atoms with Crippen LogP contribution in [-0.2, 0) is 4.79 Å². The van der Waals surface area contributed by atoms with Gasteiger partial charge in [0.2, 0.25) is 5.91 Å². The molecule has 0 aromatic rings. The van der Waals surface area contributed by atoms with Crippen molar-refractivity contribution in [1.29, 1.82) is 0 Å². The number of piperazine rings is 1. The van der Waals surface area contributed by atoms with Gasteiger partial charge in [-0.15, -0.1) is 24.2 Å². The predicted molar refractivity (Wildman–Crippen MR) is 65.6 cm³/mol. The fraction of sp³-hybridized carbons (Fsp3) is 0.889. The van der Waals surface area contributed by atoms with Crippen LogP contribution in [-0.4, -0.2) is 66.6 Å². The number of thioether (sulfide) groups is 1. The van der Waals surface area contributed by atoms with Crippen molar-refractivity contribution < 1.29 is 4.79 Å². The highest BCUT2D eigenvalue weighted by molar-refractivity contribution is 7.99. The van der Waals surface area contributed by atoms with Crippen molar-refractivity contribution in [3.8, 4) is 0 Å². The fourth-order valence-electron chi connectivity index (χ4n) is 1.80. The van der Waals surface area contributed by atoms with Crippen molar-refractivity contribution in [3.63, 3.8) is 0 Å². The lowest BCUT2D eigenvalue weighted by Gasteiger charge is -2.33. The molecule has 4 nitrogen and oxygen atoms in total. The molecule has 0 bridgehead atoms. The van der Waals surface area contributed by atoms with E-state index in [9.17, 15) is 4.79 Å². The smallest absolute Gasteiger partial charge is 0.240 e. The van der Waals surface area contributed by atoms with E-state index >= 15 is 0 Å². The van der Waals surface area contributed by atoms with Crippen LogP contribution in [0.5, 0.6) is 0 Å². The number of halogens is 1. The Balaban J connectivity index is 0.00000112. The number of amides is 1. The highest BCUT2D eigenvalue weighted by Gasteiger charge is 2.28. The van der Waals surface area contributed by atoms with Gasteiger partial charge >= 0.3 is 0 Å². The van der Waals surface area contributed by atoms with Crippen LogP contribution < -0.4 is 5.32 Å².